The van der Waals surface area contributed by atoms with Gasteiger partial charge in [-0.15, -0.1) is 0 Å². The third kappa shape index (κ3) is 7.77. The molecule has 3 aromatic carbocycles. The molecule has 0 unspecified atom stereocenters. The highest BCUT2D eigenvalue weighted by molar-refractivity contribution is 7.92. The van der Waals surface area contributed by atoms with Crippen molar-refractivity contribution in [3.63, 3.8) is 0 Å². The molecule has 10 heteroatoms. The molecule has 0 heterocycles. The van der Waals surface area contributed by atoms with Crippen LogP contribution < -0.4 is 9.62 Å². The minimum Gasteiger partial charge on any atom is -0.352 e. The molecule has 7 nitrogen and oxygen atoms in total. The summed E-state index contributed by atoms with van der Waals surface area (Å²) >= 11 is 12.5. The lowest BCUT2D eigenvalue weighted by molar-refractivity contribution is -0.139. The highest BCUT2D eigenvalue weighted by Gasteiger charge is 2.33. The maximum atomic E-state index is 14.0. The molecule has 3 rings (SSSR count). The van der Waals surface area contributed by atoms with Gasteiger partial charge in [-0.25, -0.2) is 8.42 Å². The first-order valence-corrected chi connectivity index (χ1v) is 15.2. The number of hydrogen-bond donors (Lipinski definition) is 1. The Kier molecular flexibility index (Phi) is 10.6. The summed E-state index contributed by atoms with van der Waals surface area (Å²) in [5.41, 5.74) is 2.76. The van der Waals surface area contributed by atoms with Gasteiger partial charge in [-0.05, 0) is 76.1 Å². The Labute approximate surface area is 247 Å². The van der Waals surface area contributed by atoms with Crippen molar-refractivity contribution in [2.45, 2.75) is 64.6 Å². The Bertz CT molecular complexity index is 1440. The molecule has 40 heavy (non-hydrogen) atoms. The molecule has 2 amide bonds. The van der Waals surface area contributed by atoms with E-state index in [9.17, 15) is 18.0 Å². The maximum Gasteiger partial charge on any atom is 0.264 e. The van der Waals surface area contributed by atoms with Crippen LogP contribution in [0.1, 0.15) is 43.9 Å². The van der Waals surface area contributed by atoms with E-state index in [0.29, 0.717) is 27.7 Å². The standard InChI is InChI=1S/C30H35Cl2N3O4S/c1-6-22(4)33-30(37)23(5)34(18-24-11-12-25(31)17-28(24)32)29(36)19-35(26-13-7-20(2)8-14-26)40(38,39)27-15-9-21(3)10-16-27/h7-17,22-23H,6,18-19H2,1-5H3,(H,33,37)/t22-,23-/m0/s1. The molecule has 0 aromatic heterocycles. The first kappa shape index (κ1) is 31.5. The van der Waals surface area contributed by atoms with Crippen LogP contribution in [0.25, 0.3) is 0 Å². The van der Waals surface area contributed by atoms with E-state index >= 15 is 0 Å². The van der Waals surface area contributed by atoms with Gasteiger partial charge in [-0.3, -0.25) is 13.9 Å². The van der Waals surface area contributed by atoms with Gasteiger partial charge >= 0.3 is 0 Å². The third-order valence-electron chi connectivity index (χ3n) is 6.73. The average Bonchev–Trinajstić information content (AvgIpc) is 2.91. The molecule has 2 atom stereocenters. The van der Waals surface area contributed by atoms with Crippen molar-refractivity contribution >= 4 is 50.7 Å². The summed E-state index contributed by atoms with van der Waals surface area (Å²) in [4.78, 5) is 28.5. The van der Waals surface area contributed by atoms with Gasteiger partial charge in [0.05, 0.1) is 10.6 Å². The lowest BCUT2D eigenvalue weighted by atomic mass is 10.1. The largest absolute Gasteiger partial charge is 0.352 e. The molecule has 0 saturated carbocycles. The Morgan fingerprint density at radius 2 is 1.48 bits per heavy atom. The second kappa shape index (κ2) is 13.5. The number of nitrogens with one attached hydrogen (secondary N) is 1. The second-order valence-corrected chi connectivity index (χ2v) is 12.6. The Morgan fingerprint density at radius 1 is 0.900 bits per heavy atom. The Morgan fingerprint density at radius 3 is 2.02 bits per heavy atom. The number of carbonyl (C=O) groups is 2. The molecular formula is C30H35Cl2N3O4S. The van der Waals surface area contributed by atoms with Crippen LogP contribution in [0.15, 0.2) is 71.6 Å². The molecule has 214 valence electrons. The predicted molar refractivity (Wildman–Crippen MR) is 161 cm³/mol. The van der Waals surface area contributed by atoms with Crippen LogP contribution >= 0.6 is 23.2 Å². The zero-order valence-corrected chi connectivity index (χ0v) is 25.6. The zero-order valence-electron chi connectivity index (χ0n) is 23.3. The van der Waals surface area contributed by atoms with Crippen molar-refractivity contribution in [3.05, 3.63) is 93.5 Å². The minimum atomic E-state index is -4.13. The second-order valence-electron chi connectivity index (χ2n) is 9.91. The monoisotopic (exact) mass is 603 g/mol. The van der Waals surface area contributed by atoms with Crippen LogP contribution in [0, 0.1) is 13.8 Å². The normalized spacial score (nSPS) is 12.9. The number of anilines is 1. The van der Waals surface area contributed by atoms with Crippen LogP contribution in [-0.2, 0) is 26.2 Å². The number of benzene rings is 3. The van der Waals surface area contributed by atoms with Crippen LogP contribution in [0.5, 0.6) is 0 Å². The zero-order chi connectivity index (χ0) is 29.6. The number of halogens is 2. The fourth-order valence-corrected chi connectivity index (χ4v) is 5.84. The Balaban J connectivity index is 2.04. The fourth-order valence-electron chi connectivity index (χ4n) is 3.96. The molecular weight excluding hydrogens is 569 g/mol. The van der Waals surface area contributed by atoms with Crippen LogP contribution in [0.4, 0.5) is 5.69 Å². The van der Waals surface area contributed by atoms with Crippen molar-refractivity contribution in [1.29, 1.82) is 0 Å². The van der Waals surface area contributed by atoms with Gasteiger partial charge in [0, 0.05) is 22.6 Å². The molecule has 1 N–H and O–H groups in total. The number of carbonyl (C=O) groups excluding carboxylic acids is 2. The van der Waals surface area contributed by atoms with Gasteiger partial charge in [-0.2, -0.15) is 0 Å². The molecule has 0 aliphatic rings. The number of hydrogen-bond acceptors (Lipinski definition) is 4. The summed E-state index contributed by atoms with van der Waals surface area (Å²) in [6.45, 7) is 8.65. The van der Waals surface area contributed by atoms with E-state index in [4.69, 9.17) is 23.2 Å². The van der Waals surface area contributed by atoms with Crippen LogP contribution in [0.3, 0.4) is 0 Å². The molecule has 0 bridgehead atoms. The van der Waals surface area contributed by atoms with E-state index in [1.54, 1.807) is 61.5 Å². The number of nitrogens with zero attached hydrogens (tertiary/aromatic N) is 2. The highest BCUT2D eigenvalue weighted by atomic mass is 35.5. The van der Waals surface area contributed by atoms with Gasteiger partial charge in [0.1, 0.15) is 12.6 Å². The lowest BCUT2D eigenvalue weighted by Crippen LogP contribution is -2.52. The number of aryl methyl sites for hydroxylation is 2. The summed E-state index contributed by atoms with van der Waals surface area (Å²) in [5, 5.41) is 3.68. The number of sulfonamides is 1. The van der Waals surface area contributed by atoms with Crippen molar-refractivity contribution in [3.8, 4) is 0 Å². The van der Waals surface area contributed by atoms with E-state index in [2.05, 4.69) is 5.32 Å². The number of rotatable bonds is 11. The van der Waals surface area contributed by atoms with Crippen molar-refractivity contribution in [2.75, 3.05) is 10.8 Å². The van der Waals surface area contributed by atoms with Gasteiger partial charge in [0.15, 0.2) is 0 Å². The van der Waals surface area contributed by atoms with E-state index in [1.807, 2.05) is 27.7 Å². The molecule has 3 aromatic rings. The smallest absolute Gasteiger partial charge is 0.264 e. The van der Waals surface area contributed by atoms with E-state index < -0.39 is 28.5 Å². The first-order valence-electron chi connectivity index (χ1n) is 13.0. The molecule has 0 aliphatic carbocycles. The molecule has 0 fully saturated rings. The van der Waals surface area contributed by atoms with Crippen molar-refractivity contribution in [2.24, 2.45) is 0 Å². The summed E-state index contributed by atoms with van der Waals surface area (Å²) in [6, 6.07) is 17.2. The van der Waals surface area contributed by atoms with E-state index in [-0.39, 0.29) is 23.4 Å². The van der Waals surface area contributed by atoms with Gasteiger partial charge in [0.2, 0.25) is 11.8 Å². The van der Waals surface area contributed by atoms with E-state index in [0.717, 1.165) is 15.4 Å². The quantitative estimate of drug-likeness (QED) is 0.285. The minimum absolute atomic E-state index is 0.0176. The van der Waals surface area contributed by atoms with Gasteiger partial charge < -0.3 is 10.2 Å². The topological polar surface area (TPSA) is 86.8 Å². The molecule has 0 spiro atoms. The third-order valence-corrected chi connectivity index (χ3v) is 9.11. The molecule has 0 radical (unpaired) electrons. The van der Waals surface area contributed by atoms with Crippen molar-refractivity contribution in [1.82, 2.24) is 10.2 Å². The van der Waals surface area contributed by atoms with E-state index in [1.165, 1.54) is 17.0 Å². The predicted octanol–water partition coefficient (Wildman–Crippen LogP) is 6.14. The summed E-state index contributed by atoms with van der Waals surface area (Å²) in [7, 11) is -4.13. The van der Waals surface area contributed by atoms with Crippen LogP contribution in [0.2, 0.25) is 10.0 Å². The van der Waals surface area contributed by atoms with Crippen molar-refractivity contribution < 1.29 is 18.0 Å². The average molecular weight is 605 g/mol. The SMILES string of the molecule is CC[C@H](C)NC(=O)[C@H](C)N(Cc1ccc(Cl)cc1Cl)C(=O)CN(c1ccc(C)cc1)S(=O)(=O)c1ccc(C)cc1. The summed E-state index contributed by atoms with van der Waals surface area (Å²) < 4.78 is 28.8. The van der Waals surface area contributed by atoms with Gasteiger partial charge in [0.25, 0.3) is 10.0 Å². The summed E-state index contributed by atoms with van der Waals surface area (Å²) in [6.07, 6.45) is 0.714. The highest BCUT2D eigenvalue weighted by Crippen LogP contribution is 2.27. The Hall–Kier alpha value is -3.07. The summed E-state index contributed by atoms with van der Waals surface area (Å²) in [5.74, 6) is -0.912. The van der Waals surface area contributed by atoms with Gasteiger partial charge in [-0.1, -0.05) is 71.6 Å². The first-order chi connectivity index (χ1) is 18.8. The molecule has 0 aliphatic heterocycles. The van der Waals surface area contributed by atoms with Crippen LogP contribution in [-0.4, -0.2) is 43.8 Å². The molecule has 0 saturated heterocycles. The number of amides is 2. The maximum absolute atomic E-state index is 14.0. The fraction of sp³-hybridized carbons (Fsp3) is 0.333. The lowest BCUT2D eigenvalue weighted by Gasteiger charge is -2.32.